The summed E-state index contributed by atoms with van der Waals surface area (Å²) in [6.07, 6.45) is -9.75. The molecule has 188 valence electrons. The molecule has 0 saturated carbocycles. The Morgan fingerprint density at radius 1 is 0.861 bits per heavy atom. The lowest BCUT2D eigenvalue weighted by molar-refractivity contribution is -0.143. The van der Waals surface area contributed by atoms with Crippen molar-refractivity contribution in [1.29, 1.82) is 0 Å². The van der Waals surface area contributed by atoms with E-state index in [9.17, 15) is 35.9 Å². The standard InChI is InChI=1S/C25H17ClF6N2O2/c26-18-7-5-15(6-8-18)23(36)34-10-9-14-3-1-2-4-20(14)21(34)22(35)33-19-12-16(24(27,28)29)11-17(13-19)25(30,31)32/h1-8,11-13,21H,9-10H2,(H,33,35). The Bertz CT molecular complexity index is 1270. The highest BCUT2D eigenvalue weighted by molar-refractivity contribution is 6.30. The number of fused-ring (bicyclic) bond motifs is 1. The maximum atomic E-state index is 13.4. The van der Waals surface area contributed by atoms with Crippen molar-refractivity contribution >= 4 is 29.1 Å². The van der Waals surface area contributed by atoms with Crippen LogP contribution in [-0.4, -0.2) is 23.3 Å². The highest BCUT2D eigenvalue weighted by Crippen LogP contribution is 2.38. The lowest BCUT2D eigenvalue weighted by Crippen LogP contribution is -2.45. The van der Waals surface area contributed by atoms with Crippen LogP contribution in [0, 0.1) is 0 Å². The van der Waals surface area contributed by atoms with Gasteiger partial charge in [-0.15, -0.1) is 0 Å². The summed E-state index contributed by atoms with van der Waals surface area (Å²) < 4.78 is 79.6. The molecule has 0 spiro atoms. The van der Waals surface area contributed by atoms with E-state index in [4.69, 9.17) is 11.6 Å². The molecule has 0 fully saturated rings. The molecule has 4 nitrogen and oxygen atoms in total. The van der Waals surface area contributed by atoms with Gasteiger partial charge in [-0.1, -0.05) is 35.9 Å². The monoisotopic (exact) mass is 526 g/mol. The number of hydrogen-bond donors (Lipinski definition) is 1. The van der Waals surface area contributed by atoms with Crippen LogP contribution in [0.15, 0.2) is 66.7 Å². The van der Waals surface area contributed by atoms with Crippen molar-refractivity contribution in [1.82, 2.24) is 4.90 Å². The van der Waals surface area contributed by atoms with Crippen LogP contribution >= 0.6 is 11.6 Å². The summed E-state index contributed by atoms with van der Waals surface area (Å²) in [5, 5.41) is 2.55. The van der Waals surface area contributed by atoms with Crippen LogP contribution in [0.4, 0.5) is 32.0 Å². The Kier molecular flexibility index (Phi) is 6.74. The van der Waals surface area contributed by atoms with Crippen molar-refractivity contribution in [2.24, 2.45) is 0 Å². The van der Waals surface area contributed by atoms with E-state index in [1.54, 1.807) is 24.3 Å². The zero-order valence-corrected chi connectivity index (χ0v) is 19.0. The van der Waals surface area contributed by atoms with E-state index in [2.05, 4.69) is 5.32 Å². The second-order valence-electron chi connectivity index (χ2n) is 8.14. The third-order valence-corrected chi connectivity index (χ3v) is 5.99. The Morgan fingerprint density at radius 2 is 1.44 bits per heavy atom. The van der Waals surface area contributed by atoms with E-state index in [-0.39, 0.29) is 18.2 Å². The molecule has 1 aliphatic heterocycles. The van der Waals surface area contributed by atoms with Crippen LogP contribution in [0.1, 0.15) is 38.7 Å². The van der Waals surface area contributed by atoms with Crippen molar-refractivity contribution in [3.63, 3.8) is 0 Å². The van der Waals surface area contributed by atoms with Crippen molar-refractivity contribution in [3.8, 4) is 0 Å². The summed E-state index contributed by atoms with van der Waals surface area (Å²) in [4.78, 5) is 27.9. The maximum absolute atomic E-state index is 13.4. The smallest absolute Gasteiger partial charge is 0.324 e. The van der Waals surface area contributed by atoms with Crippen molar-refractivity contribution in [2.75, 3.05) is 11.9 Å². The quantitative estimate of drug-likeness (QED) is 0.384. The molecule has 1 atom stereocenters. The van der Waals surface area contributed by atoms with Gasteiger partial charge in [0.05, 0.1) is 11.1 Å². The van der Waals surface area contributed by atoms with Gasteiger partial charge in [0.15, 0.2) is 0 Å². The molecule has 0 bridgehead atoms. The third kappa shape index (κ3) is 5.33. The minimum Gasteiger partial charge on any atom is -0.324 e. The molecule has 3 aromatic carbocycles. The lowest BCUT2D eigenvalue weighted by Gasteiger charge is -2.36. The van der Waals surface area contributed by atoms with Gasteiger partial charge in [-0.05, 0) is 60.0 Å². The fraction of sp³-hybridized carbons (Fsp3) is 0.200. The number of hydrogen-bond acceptors (Lipinski definition) is 2. The number of nitrogens with one attached hydrogen (secondary N) is 1. The zero-order valence-electron chi connectivity index (χ0n) is 18.3. The molecule has 0 saturated heterocycles. The molecule has 36 heavy (non-hydrogen) atoms. The first-order valence-corrected chi connectivity index (χ1v) is 11.0. The number of benzene rings is 3. The number of anilines is 1. The van der Waals surface area contributed by atoms with Crippen LogP contribution in [0.25, 0.3) is 0 Å². The summed E-state index contributed by atoms with van der Waals surface area (Å²) in [6.45, 7) is 0.104. The number of rotatable bonds is 3. The molecular weight excluding hydrogens is 510 g/mol. The molecular formula is C25H17ClF6N2O2. The molecule has 1 N–H and O–H groups in total. The SMILES string of the molecule is O=C(Nc1cc(C(F)(F)F)cc(C(F)(F)F)c1)C1c2ccccc2CCN1C(=O)c1ccc(Cl)cc1. The van der Waals surface area contributed by atoms with E-state index in [0.29, 0.717) is 29.1 Å². The van der Waals surface area contributed by atoms with E-state index in [1.165, 1.54) is 29.2 Å². The van der Waals surface area contributed by atoms with E-state index >= 15 is 0 Å². The Hall–Kier alpha value is -3.53. The number of carbonyl (C=O) groups excluding carboxylic acids is 2. The zero-order chi connectivity index (χ0) is 26.3. The second kappa shape index (κ2) is 9.50. The van der Waals surface area contributed by atoms with Crippen LogP contribution in [0.2, 0.25) is 5.02 Å². The maximum Gasteiger partial charge on any atom is 0.416 e. The molecule has 0 radical (unpaired) electrons. The summed E-state index contributed by atoms with van der Waals surface area (Å²) in [5.74, 6) is -1.49. The van der Waals surface area contributed by atoms with Crippen molar-refractivity contribution in [3.05, 3.63) is 99.6 Å². The largest absolute Gasteiger partial charge is 0.416 e. The first-order chi connectivity index (χ1) is 16.8. The van der Waals surface area contributed by atoms with Gasteiger partial charge in [0.1, 0.15) is 6.04 Å². The van der Waals surface area contributed by atoms with Gasteiger partial charge >= 0.3 is 12.4 Å². The molecule has 11 heteroatoms. The van der Waals surface area contributed by atoms with Crippen LogP contribution < -0.4 is 5.32 Å². The van der Waals surface area contributed by atoms with Crippen molar-refractivity contribution in [2.45, 2.75) is 24.8 Å². The van der Waals surface area contributed by atoms with Crippen LogP contribution in [0.3, 0.4) is 0 Å². The minimum atomic E-state index is -5.07. The minimum absolute atomic E-state index is 0.0259. The molecule has 0 aliphatic carbocycles. The average Bonchev–Trinajstić information content (AvgIpc) is 2.82. The molecule has 1 unspecified atom stereocenters. The fourth-order valence-corrected chi connectivity index (χ4v) is 4.19. The van der Waals surface area contributed by atoms with Crippen molar-refractivity contribution < 1.29 is 35.9 Å². The van der Waals surface area contributed by atoms with Gasteiger partial charge in [-0.3, -0.25) is 9.59 Å². The molecule has 2 amide bonds. The molecule has 0 aromatic heterocycles. The Labute approximate surface area is 206 Å². The third-order valence-electron chi connectivity index (χ3n) is 5.74. The Morgan fingerprint density at radius 3 is 2.03 bits per heavy atom. The summed E-state index contributed by atoms with van der Waals surface area (Å²) >= 11 is 5.88. The average molecular weight is 527 g/mol. The molecule has 4 rings (SSSR count). The van der Waals surface area contributed by atoms with E-state index in [1.807, 2.05) is 0 Å². The van der Waals surface area contributed by atoms with E-state index < -0.39 is 47.0 Å². The van der Waals surface area contributed by atoms with Gasteiger partial charge in [0.25, 0.3) is 11.8 Å². The predicted octanol–water partition coefficient (Wildman–Crippen LogP) is 6.76. The number of carbonyl (C=O) groups is 2. The normalized spacial score (nSPS) is 15.9. The first kappa shape index (κ1) is 25.6. The van der Waals surface area contributed by atoms with Gasteiger partial charge < -0.3 is 10.2 Å². The van der Waals surface area contributed by atoms with Gasteiger partial charge in [0, 0.05) is 22.8 Å². The highest BCUT2D eigenvalue weighted by atomic mass is 35.5. The molecule has 1 heterocycles. The summed E-state index contributed by atoms with van der Waals surface area (Å²) in [5.41, 5.74) is -2.44. The lowest BCUT2D eigenvalue weighted by atomic mass is 9.91. The van der Waals surface area contributed by atoms with Crippen LogP contribution in [0.5, 0.6) is 0 Å². The highest BCUT2D eigenvalue weighted by Gasteiger charge is 2.39. The second-order valence-corrected chi connectivity index (χ2v) is 8.58. The van der Waals surface area contributed by atoms with Crippen LogP contribution in [-0.2, 0) is 23.6 Å². The summed E-state index contributed by atoms with van der Waals surface area (Å²) in [7, 11) is 0. The van der Waals surface area contributed by atoms with Gasteiger partial charge in [-0.2, -0.15) is 26.3 Å². The van der Waals surface area contributed by atoms with Gasteiger partial charge in [-0.25, -0.2) is 0 Å². The van der Waals surface area contributed by atoms with Gasteiger partial charge in [0.2, 0.25) is 0 Å². The number of amides is 2. The van der Waals surface area contributed by atoms with E-state index in [0.717, 1.165) is 5.56 Å². The number of nitrogens with zero attached hydrogens (tertiary/aromatic N) is 1. The molecule has 3 aromatic rings. The summed E-state index contributed by atoms with van der Waals surface area (Å²) in [6, 6.07) is 12.1. The number of halogens is 7. The first-order valence-electron chi connectivity index (χ1n) is 10.6. The fourth-order valence-electron chi connectivity index (χ4n) is 4.06. The topological polar surface area (TPSA) is 49.4 Å². The molecule has 1 aliphatic rings. The Balaban J connectivity index is 1.73. The predicted molar refractivity (Wildman–Crippen MR) is 120 cm³/mol. The number of alkyl halides is 6.